The molecule has 4 heteroatoms. The Morgan fingerprint density at radius 1 is 1.29 bits per heavy atom. The molecule has 0 aliphatic heterocycles. The highest BCUT2D eigenvalue weighted by molar-refractivity contribution is 7.17. The van der Waals surface area contributed by atoms with E-state index in [-0.39, 0.29) is 5.13 Å². The summed E-state index contributed by atoms with van der Waals surface area (Å²) in [5.41, 5.74) is 0. The van der Waals surface area contributed by atoms with Crippen LogP contribution in [-0.4, -0.2) is 6.61 Å². The maximum absolute atomic E-state index is 13.3. The smallest absolute Gasteiger partial charge is 0.177 e. The van der Waals surface area contributed by atoms with Crippen LogP contribution in [0.5, 0.6) is 5.75 Å². The summed E-state index contributed by atoms with van der Waals surface area (Å²) in [7, 11) is 0. The minimum Gasteiger partial charge on any atom is -0.494 e. The van der Waals surface area contributed by atoms with Gasteiger partial charge in [-0.2, -0.15) is 4.39 Å². The van der Waals surface area contributed by atoms with Crippen molar-refractivity contribution in [1.29, 1.82) is 0 Å². The molecule has 0 spiro atoms. The fraction of sp³-hybridized carbons (Fsp3) is 0.200. The fourth-order valence-electron chi connectivity index (χ4n) is 1.30. The number of hydrogen-bond donors (Lipinski definition) is 0. The molecule has 0 atom stereocenters. The largest absolute Gasteiger partial charge is 0.494 e. The van der Waals surface area contributed by atoms with Crippen molar-refractivity contribution >= 4 is 21.4 Å². The second-order valence-corrected chi connectivity index (χ2v) is 3.81. The molecule has 0 saturated carbocycles. The van der Waals surface area contributed by atoms with Crippen molar-refractivity contribution in [2.45, 2.75) is 6.92 Å². The standard InChI is InChI=1S/C10H8F2OS/c1-2-13-7-3-6-4-9(12)14-10(6)8(11)5-7/h3-5H,2H2,1H3. The lowest BCUT2D eigenvalue weighted by Gasteiger charge is -2.02. The van der Waals surface area contributed by atoms with Crippen molar-refractivity contribution < 1.29 is 13.5 Å². The second kappa shape index (κ2) is 3.53. The lowest BCUT2D eigenvalue weighted by Crippen LogP contribution is -1.91. The second-order valence-electron chi connectivity index (χ2n) is 2.81. The average Bonchev–Trinajstić information content (AvgIpc) is 2.47. The summed E-state index contributed by atoms with van der Waals surface area (Å²) >= 11 is 0.808. The van der Waals surface area contributed by atoms with Crippen LogP contribution in [0.1, 0.15) is 6.92 Å². The van der Waals surface area contributed by atoms with Gasteiger partial charge in [-0.3, -0.25) is 0 Å². The molecular weight excluding hydrogens is 206 g/mol. The topological polar surface area (TPSA) is 9.23 Å². The Bertz CT molecular complexity index is 464. The van der Waals surface area contributed by atoms with E-state index in [0.29, 0.717) is 22.4 Å². The van der Waals surface area contributed by atoms with Gasteiger partial charge >= 0.3 is 0 Å². The summed E-state index contributed by atoms with van der Waals surface area (Å²) in [5, 5.41) is 0.170. The third-order valence-electron chi connectivity index (χ3n) is 1.83. The number of rotatable bonds is 2. The molecule has 0 aliphatic rings. The molecular formula is C10H8F2OS. The first-order chi connectivity index (χ1) is 6.70. The van der Waals surface area contributed by atoms with Gasteiger partial charge in [-0.05, 0) is 19.1 Å². The first-order valence-corrected chi connectivity index (χ1v) is 5.03. The predicted molar refractivity (Wildman–Crippen MR) is 52.9 cm³/mol. The van der Waals surface area contributed by atoms with Crippen molar-refractivity contribution in [3.8, 4) is 5.75 Å². The highest BCUT2D eigenvalue weighted by Gasteiger charge is 2.08. The van der Waals surface area contributed by atoms with Gasteiger partial charge < -0.3 is 4.74 Å². The van der Waals surface area contributed by atoms with Gasteiger partial charge in [0.05, 0.1) is 11.3 Å². The van der Waals surface area contributed by atoms with Crippen LogP contribution in [0.2, 0.25) is 0 Å². The maximum atomic E-state index is 13.3. The summed E-state index contributed by atoms with van der Waals surface area (Å²) in [4.78, 5) is 0. The molecule has 1 aromatic carbocycles. The predicted octanol–water partition coefficient (Wildman–Crippen LogP) is 3.58. The molecule has 0 unspecified atom stereocenters. The molecule has 0 bridgehead atoms. The third-order valence-corrected chi connectivity index (χ3v) is 2.77. The van der Waals surface area contributed by atoms with E-state index in [4.69, 9.17) is 4.74 Å². The first kappa shape index (κ1) is 9.40. The molecule has 1 nitrogen and oxygen atoms in total. The summed E-state index contributed by atoms with van der Waals surface area (Å²) < 4.78 is 31.7. The van der Waals surface area contributed by atoms with E-state index >= 15 is 0 Å². The first-order valence-electron chi connectivity index (χ1n) is 4.22. The van der Waals surface area contributed by atoms with Gasteiger partial charge in [-0.1, -0.05) is 0 Å². The molecule has 0 radical (unpaired) electrons. The van der Waals surface area contributed by atoms with E-state index in [1.54, 1.807) is 6.07 Å². The number of ether oxygens (including phenoxy) is 1. The lowest BCUT2D eigenvalue weighted by molar-refractivity contribution is 0.339. The van der Waals surface area contributed by atoms with Crippen LogP contribution in [0.3, 0.4) is 0 Å². The summed E-state index contributed by atoms with van der Waals surface area (Å²) in [6.45, 7) is 2.29. The van der Waals surface area contributed by atoms with Gasteiger partial charge in [-0.15, -0.1) is 11.3 Å². The number of fused-ring (bicyclic) bond motifs is 1. The Hall–Kier alpha value is -1.16. The molecule has 1 aromatic heterocycles. The van der Waals surface area contributed by atoms with E-state index in [1.165, 1.54) is 12.1 Å². The number of halogens is 2. The van der Waals surface area contributed by atoms with Crippen molar-refractivity contribution in [3.63, 3.8) is 0 Å². The minimum absolute atomic E-state index is 0.339. The molecule has 2 aromatic rings. The average molecular weight is 214 g/mol. The molecule has 14 heavy (non-hydrogen) atoms. The molecule has 0 fully saturated rings. The molecule has 74 valence electrons. The zero-order valence-corrected chi connectivity index (χ0v) is 8.33. The van der Waals surface area contributed by atoms with Gasteiger partial charge in [0.15, 0.2) is 5.13 Å². The Morgan fingerprint density at radius 3 is 2.79 bits per heavy atom. The zero-order valence-electron chi connectivity index (χ0n) is 7.51. The highest BCUT2D eigenvalue weighted by Crippen LogP contribution is 2.30. The van der Waals surface area contributed by atoms with Gasteiger partial charge in [0.2, 0.25) is 0 Å². The lowest BCUT2D eigenvalue weighted by atomic mass is 10.2. The SMILES string of the molecule is CCOc1cc(F)c2sc(F)cc2c1. The number of benzene rings is 1. The Kier molecular flexibility index (Phi) is 2.37. The number of hydrogen-bond acceptors (Lipinski definition) is 2. The quantitative estimate of drug-likeness (QED) is 0.742. The third kappa shape index (κ3) is 1.57. The Balaban J connectivity index is 2.59. The van der Waals surface area contributed by atoms with Crippen LogP contribution < -0.4 is 4.74 Å². The van der Waals surface area contributed by atoms with Crippen LogP contribution in [0.15, 0.2) is 18.2 Å². The van der Waals surface area contributed by atoms with Crippen molar-refractivity contribution in [2.24, 2.45) is 0 Å². The van der Waals surface area contributed by atoms with Crippen LogP contribution in [0.4, 0.5) is 8.78 Å². The monoisotopic (exact) mass is 214 g/mol. The summed E-state index contributed by atoms with van der Waals surface area (Å²) in [6, 6.07) is 4.23. The summed E-state index contributed by atoms with van der Waals surface area (Å²) in [5.74, 6) is 0.00940. The van der Waals surface area contributed by atoms with E-state index < -0.39 is 5.82 Å². The molecule has 0 saturated heterocycles. The van der Waals surface area contributed by atoms with Gasteiger partial charge in [0, 0.05) is 11.5 Å². The summed E-state index contributed by atoms with van der Waals surface area (Å²) in [6.07, 6.45) is 0. The van der Waals surface area contributed by atoms with Crippen molar-refractivity contribution in [1.82, 2.24) is 0 Å². The normalized spacial score (nSPS) is 10.8. The van der Waals surface area contributed by atoms with Crippen LogP contribution >= 0.6 is 11.3 Å². The Morgan fingerprint density at radius 2 is 2.07 bits per heavy atom. The van der Waals surface area contributed by atoms with Crippen molar-refractivity contribution in [2.75, 3.05) is 6.61 Å². The van der Waals surface area contributed by atoms with Gasteiger partial charge in [-0.25, -0.2) is 4.39 Å². The van der Waals surface area contributed by atoms with Crippen LogP contribution in [-0.2, 0) is 0 Å². The molecule has 0 N–H and O–H groups in total. The molecule has 1 heterocycles. The van der Waals surface area contributed by atoms with E-state index in [2.05, 4.69) is 0 Å². The Labute approximate surface area is 83.9 Å². The molecule has 0 amide bonds. The fourth-order valence-corrected chi connectivity index (χ4v) is 2.08. The van der Waals surface area contributed by atoms with Gasteiger partial charge in [0.25, 0.3) is 0 Å². The van der Waals surface area contributed by atoms with E-state index in [9.17, 15) is 8.78 Å². The maximum Gasteiger partial charge on any atom is 0.177 e. The zero-order chi connectivity index (χ0) is 10.1. The molecule has 2 rings (SSSR count). The van der Waals surface area contributed by atoms with Crippen LogP contribution in [0.25, 0.3) is 10.1 Å². The van der Waals surface area contributed by atoms with E-state index in [0.717, 1.165) is 11.3 Å². The van der Waals surface area contributed by atoms with E-state index in [1.807, 2.05) is 6.92 Å². The van der Waals surface area contributed by atoms with Crippen LogP contribution in [0, 0.1) is 10.9 Å². The van der Waals surface area contributed by atoms with Gasteiger partial charge in [0.1, 0.15) is 11.6 Å². The molecule has 0 aliphatic carbocycles. The van der Waals surface area contributed by atoms with Crippen molar-refractivity contribution in [3.05, 3.63) is 29.1 Å². The minimum atomic E-state index is -0.431. The number of thiophene rings is 1. The highest BCUT2D eigenvalue weighted by atomic mass is 32.1.